The van der Waals surface area contributed by atoms with Crippen LogP contribution in [0.25, 0.3) is 0 Å². The number of halogens is 2. The third kappa shape index (κ3) is 7.02. The van der Waals surface area contributed by atoms with Gasteiger partial charge in [0, 0.05) is 18.5 Å². The monoisotopic (exact) mass is 449 g/mol. The number of hydrogen-bond acceptors (Lipinski definition) is 5. The smallest absolute Gasteiger partial charge is 0.411 e. The molecule has 10 heteroatoms. The predicted molar refractivity (Wildman–Crippen MR) is 114 cm³/mol. The van der Waals surface area contributed by atoms with Crippen molar-refractivity contribution in [3.8, 4) is 0 Å². The Morgan fingerprint density at radius 2 is 1.53 bits per heavy atom. The van der Waals surface area contributed by atoms with Gasteiger partial charge >= 0.3 is 6.09 Å². The molecule has 0 bridgehead atoms. The number of methoxy groups -OCH3 is 1. The van der Waals surface area contributed by atoms with Gasteiger partial charge in [-0.3, -0.25) is 14.9 Å². The van der Waals surface area contributed by atoms with E-state index in [2.05, 4.69) is 16.0 Å². The molecule has 2 aromatic carbocycles. The topological polar surface area (TPSA) is 106 Å². The lowest BCUT2D eigenvalue weighted by Crippen LogP contribution is -2.47. The minimum absolute atomic E-state index is 0.0805. The number of carbonyl (C=O) groups excluding carboxylic acids is 3. The number of carbonyl (C=O) groups is 3. The number of hydrogen-bond donors (Lipinski definition) is 3. The minimum Gasteiger partial charge on any atom is -0.447 e. The molecule has 0 aliphatic carbocycles. The number of benzene rings is 2. The van der Waals surface area contributed by atoms with Crippen molar-refractivity contribution < 1.29 is 32.6 Å². The molecule has 1 unspecified atom stereocenters. The van der Waals surface area contributed by atoms with Crippen molar-refractivity contribution in [2.45, 2.75) is 19.9 Å². The van der Waals surface area contributed by atoms with Crippen molar-refractivity contribution in [3.05, 3.63) is 59.7 Å². The lowest BCUT2D eigenvalue weighted by Gasteiger charge is -2.22. The third-order valence-corrected chi connectivity index (χ3v) is 4.32. The Labute approximate surface area is 184 Å². The van der Waals surface area contributed by atoms with E-state index >= 15 is 0 Å². The molecule has 0 heterocycles. The minimum atomic E-state index is -1.07. The summed E-state index contributed by atoms with van der Waals surface area (Å²) >= 11 is 0. The SMILES string of the molecule is COCCOC(=O)Nc1cccc(NC(=O)C(NC(=O)c2c(F)cccc2F)C(C)C)c1. The van der Waals surface area contributed by atoms with Gasteiger partial charge in [-0.1, -0.05) is 26.0 Å². The average molecular weight is 449 g/mol. The molecule has 0 radical (unpaired) electrons. The fourth-order valence-corrected chi connectivity index (χ4v) is 2.73. The van der Waals surface area contributed by atoms with Crippen LogP contribution in [-0.4, -0.2) is 44.3 Å². The van der Waals surface area contributed by atoms with Gasteiger partial charge in [-0.25, -0.2) is 13.6 Å². The van der Waals surface area contributed by atoms with Crippen molar-refractivity contribution in [2.24, 2.45) is 5.92 Å². The Balaban J connectivity index is 2.07. The van der Waals surface area contributed by atoms with Crippen molar-refractivity contribution in [1.82, 2.24) is 5.32 Å². The van der Waals surface area contributed by atoms with Crippen LogP contribution in [0.5, 0.6) is 0 Å². The zero-order chi connectivity index (χ0) is 23.7. The van der Waals surface area contributed by atoms with Gasteiger partial charge in [0.2, 0.25) is 5.91 Å². The second-order valence-corrected chi connectivity index (χ2v) is 7.12. The number of rotatable bonds is 9. The van der Waals surface area contributed by atoms with E-state index < -0.39 is 41.1 Å². The zero-order valence-electron chi connectivity index (χ0n) is 17.9. The highest BCUT2D eigenvalue weighted by Crippen LogP contribution is 2.17. The van der Waals surface area contributed by atoms with Crippen LogP contribution in [0.1, 0.15) is 24.2 Å². The number of ether oxygens (including phenoxy) is 2. The van der Waals surface area contributed by atoms with Gasteiger partial charge in [-0.2, -0.15) is 0 Å². The number of anilines is 2. The van der Waals surface area contributed by atoms with Gasteiger partial charge in [0.1, 0.15) is 29.8 Å². The lowest BCUT2D eigenvalue weighted by atomic mass is 10.0. The van der Waals surface area contributed by atoms with Crippen LogP contribution in [0, 0.1) is 17.6 Å². The van der Waals surface area contributed by atoms with Crippen LogP contribution < -0.4 is 16.0 Å². The maximum atomic E-state index is 13.9. The zero-order valence-corrected chi connectivity index (χ0v) is 17.9. The van der Waals surface area contributed by atoms with Gasteiger partial charge < -0.3 is 20.1 Å². The van der Waals surface area contributed by atoms with Crippen molar-refractivity contribution in [3.63, 3.8) is 0 Å². The Bertz CT molecular complexity index is 948. The van der Waals surface area contributed by atoms with Crippen LogP contribution in [0.15, 0.2) is 42.5 Å². The van der Waals surface area contributed by atoms with E-state index in [0.717, 1.165) is 18.2 Å². The number of amides is 3. The molecule has 0 spiro atoms. The Hall–Kier alpha value is -3.53. The summed E-state index contributed by atoms with van der Waals surface area (Å²) in [5.41, 5.74) is -0.0606. The Morgan fingerprint density at radius 3 is 2.12 bits per heavy atom. The first-order chi connectivity index (χ1) is 15.2. The van der Waals surface area contributed by atoms with E-state index in [4.69, 9.17) is 9.47 Å². The molecular formula is C22H25F2N3O5. The van der Waals surface area contributed by atoms with Crippen molar-refractivity contribution in [2.75, 3.05) is 31.0 Å². The van der Waals surface area contributed by atoms with E-state index in [9.17, 15) is 23.2 Å². The van der Waals surface area contributed by atoms with Crippen LogP contribution in [-0.2, 0) is 14.3 Å². The first-order valence-electron chi connectivity index (χ1n) is 9.81. The summed E-state index contributed by atoms with van der Waals surface area (Å²) in [5, 5.41) is 7.51. The van der Waals surface area contributed by atoms with E-state index in [0.29, 0.717) is 11.4 Å². The third-order valence-electron chi connectivity index (χ3n) is 4.32. The van der Waals surface area contributed by atoms with E-state index in [1.807, 2.05) is 0 Å². The second-order valence-electron chi connectivity index (χ2n) is 7.12. The lowest BCUT2D eigenvalue weighted by molar-refractivity contribution is -0.118. The fourth-order valence-electron chi connectivity index (χ4n) is 2.73. The highest BCUT2D eigenvalue weighted by Gasteiger charge is 2.27. The molecular weight excluding hydrogens is 424 g/mol. The molecule has 0 aliphatic heterocycles. The van der Waals surface area contributed by atoms with Gasteiger partial charge in [0.05, 0.1) is 6.61 Å². The molecule has 3 amide bonds. The van der Waals surface area contributed by atoms with E-state index in [1.165, 1.54) is 13.2 Å². The molecule has 3 N–H and O–H groups in total. The maximum absolute atomic E-state index is 13.9. The summed E-state index contributed by atoms with van der Waals surface area (Å²) in [6, 6.07) is 8.25. The van der Waals surface area contributed by atoms with Crippen molar-refractivity contribution >= 4 is 29.3 Å². The normalized spacial score (nSPS) is 11.6. The summed E-state index contributed by atoms with van der Waals surface area (Å²) in [6.07, 6.45) is -0.690. The maximum Gasteiger partial charge on any atom is 0.411 e. The summed E-state index contributed by atoms with van der Waals surface area (Å²) in [4.78, 5) is 36.9. The van der Waals surface area contributed by atoms with Gasteiger partial charge in [0.25, 0.3) is 5.91 Å². The molecule has 1 atom stereocenters. The van der Waals surface area contributed by atoms with Crippen LogP contribution in [0.2, 0.25) is 0 Å². The number of nitrogens with one attached hydrogen (secondary N) is 3. The molecule has 0 saturated carbocycles. The highest BCUT2D eigenvalue weighted by molar-refractivity contribution is 6.01. The first kappa shape index (κ1) is 24.7. The molecule has 2 aromatic rings. The van der Waals surface area contributed by atoms with Gasteiger partial charge in [-0.15, -0.1) is 0 Å². The summed E-state index contributed by atoms with van der Waals surface area (Å²) in [7, 11) is 1.48. The fraction of sp³-hybridized carbons (Fsp3) is 0.318. The van der Waals surface area contributed by atoms with Crippen molar-refractivity contribution in [1.29, 1.82) is 0 Å². The summed E-state index contributed by atoms with van der Waals surface area (Å²) < 4.78 is 37.5. The highest BCUT2D eigenvalue weighted by atomic mass is 19.1. The van der Waals surface area contributed by atoms with E-state index in [1.54, 1.807) is 32.0 Å². The van der Waals surface area contributed by atoms with Crippen LogP contribution in [0.4, 0.5) is 25.0 Å². The van der Waals surface area contributed by atoms with Crippen LogP contribution in [0.3, 0.4) is 0 Å². The van der Waals surface area contributed by atoms with E-state index in [-0.39, 0.29) is 19.1 Å². The molecule has 172 valence electrons. The van der Waals surface area contributed by atoms with Crippen LogP contribution >= 0.6 is 0 Å². The standard InChI is InChI=1S/C22H25F2N3O5/c1-13(2)19(27-20(28)18-16(23)8-5-9-17(18)24)21(29)25-14-6-4-7-15(12-14)26-22(30)32-11-10-31-3/h4-9,12-13,19H,10-11H2,1-3H3,(H,25,29)(H,26,30)(H,27,28). The molecule has 32 heavy (non-hydrogen) atoms. The predicted octanol–water partition coefficient (Wildman–Crippen LogP) is 3.55. The molecule has 0 saturated heterocycles. The molecule has 0 aromatic heterocycles. The van der Waals surface area contributed by atoms with Gasteiger partial charge in [-0.05, 0) is 36.2 Å². The largest absolute Gasteiger partial charge is 0.447 e. The molecule has 0 fully saturated rings. The molecule has 2 rings (SSSR count). The quantitative estimate of drug-likeness (QED) is 0.508. The first-order valence-corrected chi connectivity index (χ1v) is 9.81. The molecule has 0 aliphatic rings. The summed E-state index contributed by atoms with van der Waals surface area (Å²) in [5.74, 6) is -4.07. The Morgan fingerprint density at radius 1 is 0.938 bits per heavy atom. The van der Waals surface area contributed by atoms with Gasteiger partial charge in [0.15, 0.2) is 0 Å². The second kappa shape index (κ2) is 11.8. The summed E-state index contributed by atoms with van der Waals surface area (Å²) in [6.45, 7) is 3.69. The average Bonchev–Trinajstić information content (AvgIpc) is 2.72. The molecule has 8 nitrogen and oxygen atoms in total. The Kier molecular flexibility index (Phi) is 9.08.